The lowest BCUT2D eigenvalue weighted by molar-refractivity contribution is 0.217. The maximum absolute atomic E-state index is 6.24. The first kappa shape index (κ1) is 12.8. The highest BCUT2D eigenvalue weighted by atomic mass is 35.5. The Labute approximate surface area is 109 Å². The highest BCUT2D eigenvalue weighted by molar-refractivity contribution is 6.18. The lowest BCUT2D eigenvalue weighted by Crippen LogP contribution is -2.28. The lowest BCUT2D eigenvalue weighted by Gasteiger charge is -2.36. The Bertz CT molecular complexity index is 356. The van der Waals surface area contributed by atoms with E-state index >= 15 is 0 Å². The molecule has 0 atom stereocenters. The minimum Gasteiger partial charge on any atom is -0.496 e. The fraction of sp³-hybridized carbons (Fsp3) is 0.600. The van der Waals surface area contributed by atoms with Crippen molar-refractivity contribution in [3.05, 3.63) is 29.8 Å². The molecule has 1 aliphatic rings. The molecule has 0 radical (unpaired) electrons. The summed E-state index contributed by atoms with van der Waals surface area (Å²) >= 11 is 6.24. The third-order valence-corrected chi connectivity index (χ3v) is 4.52. The van der Waals surface area contributed by atoms with Crippen molar-refractivity contribution in [3.63, 3.8) is 0 Å². The van der Waals surface area contributed by atoms with Crippen LogP contribution in [-0.2, 0) is 6.42 Å². The maximum Gasteiger partial charge on any atom is 0.122 e. The molecule has 1 aromatic carbocycles. The van der Waals surface area contributed by atoms with Gasteiger partial charge in [-0.1, -0.05) is 37.5 Å². The Kier molecular flexibility index (Phi) is 4.33. The molecule has 0 N–H and O–H groups in total. The molecule has 2 heteroatoms. The van der Waals surface area contributed by atoms with Crippen molar-refractivity contribution in [1.82, 2.24) is 0 Å². The smallest absolute Gasteiger partial charge is 0.122 e. The molecule has 2 rings (SSSR count). The molecule has 1 saturated carbocycles. The number of hydrogen-bond donors (Lipinski definition) is 0. The highest BCUT2D eigenvalue weighted by Gasteiger charge is 2.32. The van der Waals surface area contributed by atoms with Crippen LogP contribution in [-0.4, -0.2) is 13.0 Å². The van der Waals surface area contributed by atoms with Gasteiger partial charge in [-0.2, -0.15) is 0 Å². The van der Waals surface area contributed by atoms with Crippen molar-refractivity contribution < 1.29 is 4.74 Å². The standard InChI is InChI=1S/C15H21ClO/c1-17-14-8-4-3-7-13(14)11-15(12-16)9-5-2-6-10-15/h3-4,7-8H,2,5-6,9-12H2,1H3. The molecule has 0 unspecified atom stereocenters. The number of hydrogen-bond acceptors (Lipinski definition) is 1. The van der Waals surface area contributed by atoms with Crippen LogP contribution in [0.15, 0.2) is 24.3 Å². The topological polar surface area (TPSA) is 9.23 Å². The second kappa shape index (κ2) is 5.77. The summed E-state index contributed by atoms with van der Waals surface area (Å²) in [5, 5.41) is 0. The molecular formula is C15H21ClO. The van der Waals surface area contributed by atoms with Crippen LogP contribution in [0, 0.1) is 5.41 Å². The van der Waals surface area contributed by atoms with Gasteiger partial charge in [0.25, 0.3) is 0 Å². The molecule has 1 fully saturated rings. The summed E-state index contributed by atoms with van der Waals surface area (Å²) in [6, 6.07) is 8.32. The quantitative estimate of drug-likeness (QED) is 0.721. The molecule has 0 spiro atoms. The average molecular weight is 253 g/mol. The van der Waals surface area contributed by atoms with E-state index in [4.69, 9.17) is 16.3 Å². The zero-order valence-corrected chi connectivity index (χ0v) is 11.3. The molecule has 0 aliphatic heterocycles. The van der Waals surface area contributed by atoms with Crippen molar-refractivity contribution in [2.75, 3.05) is 13.0 Å². The molecule has 17 heavy (non-hydrogen) atoms. The fourth-order valence-electron chi connectivity index (χ4n) is 2.91. The number of ether oxygens (including phenoxy) is 1. The zero-order valence-electron chi connectivity index (χ0n) is 10.5. The number of rotatable bonds is 4. The predicted octanol–water partition coefficient (Wildman–Crippen LogP) is 4.43. The van der Waals surface area contributed by atoms with E-state index in [1.165, 1.54) is 37.7 Å². The van der Waals surface area contributed by atoms with Crippen LogP contribution in [0.5, 0.6) is 5.75 Å². The van der Waals surface area contributed by atoms with Crippen LogP contribution in [0.3, 0.4) is 0 Å². The van der Waals surface area contributed by atoms with Crippen LogP contribution >= 0.6 is 11.6 Å². The molecule has 0 aromatic heterocycles. The van der Waals surface area contributed by atoms with Crippen LogP contribution in [0.25, 0.3) is 0 Å². The van der Waals surface area contributed by atoms with E-state index in [0.29, 0.717) is 5.41 Å². The minimum absolute atomic E-state index is 0.300. The molecule has 0 amide bonds. The first-order valence-electron chi connectivity index (χ1n) is 6.47. The SMILES string of the molecule is COc1ccccc1CC1(CCl)CCCCC1. The normalized spacial score (nSPS) is 18.9. The van der Waals surface area contributed by atoms with Crippen molar-refractivity contribution in [3.8, 4) is 5.75 Å². The van der Waals surface area contributed by atoms with Crippen molar-refractivity contribution in [1.29, 1.82) is 0 Å². The van der Waals surface area contributed by atoms with E-state index in [-0.39, 0.29) is 0 Å². The predicted molar refractivity (Wildman–Crippen MR) is 72.9 cm³/mol. The largest absolute Gasteiger partial charge is 0.496 e. The molecule has 1 nitrogen and oxygen atoms in total. The first-order chi connectivity index (χ1) is 8.29. The van der Waals surface area contributed by atoms with Crippen molar-refractivity contribution in [2.24, 2.45) is 5.41 Å². The molecule has 94 valence electrons. The highest BCUT2D eigenvalue weighted by Crippen LogP contribution is 2.41. The molecule has 0 bridgehead atoms. The van der Waals surface area contributed by atoms with Gasteiger partial charge in [0.1, 0.15) is 5.75 Å². The van der Waals surface area contributed by atoms with E-state index in [1.54, 1.807) is 7.11 Å². The van der Waals surface area contributed by atoms with Crippen LogP contribution in [0.2, 0.25) is 0 Å². The van der Waals surface area contributed by atoms with E-state index in [0.717, 1.165) is 18.1 Å². The second-order valence-corrected chi connectivity index (χ2v) is 5.45. The Morgan fingerprint density at radius 3 is 2.53 bits per heavy atom. The summed E-state index contributed by atoms with van der Waals surface area (Å²) in [6.45, 7) is 0. The Morgan fingerprint density at radius 1 is 1.18 bits per heavy atom. The summed E-state index contributed by atoms with van der Waals surface area (Å²) < 4.78 is 5.43. The first-order valence-corrected chi connectivity index (χ1v) is 7.01. The van der Waals surface area contributed by atoms with Crippen molar-refractivity contribution in [2.45, 2.75) is 38.5 Å². The Morgan fingerprint density at radius 2 is 1.88 bits per heavy atom. The van der Waals surface area contributed by atoms with Gasteiger partial charge in [0, 0.05) is 5.88 Å². The van der Waals surface area contributed by atoms with Gasteiger partial charge in [-0.15, -0.1) is 11.6 Å². The molecular weight excluding hydrogens is 232 g/mol. The monoisotopic (exact) mass is 252 g/mol. The zero-order chi connectivity index (χ0) is 12.1. The van der Waals surface area contributed by atoms with Gasteiger partial charge < -0.3 is 4.74 Å². The Hall–Kier alpha value is -0.690. The Balaban J connectivity index is 2.17. The number of methoxy groups -OCH3 is 1. The summed E-state index contributed by atoms with van der Waals surface area (Å²) in [5.41, 5.74) is 1.60. The van der Waals surface area contributed by atoms with E-state index < -0.39 is 0 Å². The molecule has 1 aliphatic carbocycles. The summed E-state index contributed by atoms with van der Waals surface area (Å²) in [5.74, 6) is 1.77. The second-order valence-electron chi connectivity index (χ2n) is 5.18. The minimum atomic E-state index is 0.300. The number of alkyl halides is 1. The fourth-order valence-corrected chi connectivity index (χ4v) is 3.27. The van der Waals surface area contributed by atoms with E-state index in [1.807, 2.05) is 12.1 Å². The van der Waals surface area contributed by atoms with Gasteiger partial charge >= 0.3 is 0 Å². The van der Waals surface area contributed by atoms with Gasteiger partial charge in [0.05, 0.1) is 7.11 Å². The molecule has 0 heterocycles. The number of para-hydroxylation sites is 1. The number of halogens is 1. The van der Waals surface area contributed by atoms with Gasteiger partial charge in [-0.25, -0.2) is 0 Å². The van der Waals surface area contributed by atoms with Gasteiger partial charge in [-0.3, -0.25) is 0 Å². The van der Waals surface area contributed by atoms with Crippen LogP contribution in [0.4, 0.5) is 0 Å². The lowest BCUT2D eigenvalue weighted by atomic mass is 9.71. The van der Waals surface area contributed by atoms with E-state index in [9.17, 15) is 0 Å². The molecule has 1 aromatic rings. The van der Waals surface area contributed by atoms with Crippen molar-refractivity contribution >= 4 is 11.6 Å². The third kappa shape index (κ3) is 2.95. The van der Waals surface area contributed by atoms with Gasteiger partial charge in [0.2, 0.25) is 0 Å². The summed E-state index contributed by atoms with van der Waals surface area (Å²) in [4.78, 5) is 0. The third-order valence-electron chi connectivity index (χ3n) is 3.96. The van der Waals surface area contributed by atoms with Crippen LogP contribution in [0.1, 0.15) is 37.7 Å². The summed E-state index contributed by atoms with van der Waals surface area (Å²) in [7, 11) is 1.74. The van der Waals surface area contributed by atoms with Gasteiger partial charge in [-0.05, 0) is 36.3 Å². The summed E-state index contributed by atoms with van der Waals surface area (Å²) in [6.07, 6.45) is 7.58. The van der Waals surface area contributed by atoms with Gasteiger partial charge in [0.15, 0.2) is 0 Å². The maximum atomic E-state index is 6.24. The number of benzene rings is 1. The average Bonchev–Trinajstić information content (AvgIpc) is 2.40. The van der Waals surface area contributed by atoms with E-state index in [2.05, 4.69) is 12.1 Å². The molecule has 0 saturated heterocycles. The van der Waals surface area contributed by atoms with Crippen LogP contribution < -0.4 is 4.74 Å².